The summed E-state index contributed by atoms with van der Waals surface area (Å²) in [5.41, 5.74) is 1.66. The Balaban J connectivity index is 1.82. The van der Waals surface area contributed by atoms with Crippen molar-refractivity contribution in [3.8, 4) is 11.5 Å². The van der Waals surface area contributed by atoms with Gasteiger partial charge >= 0.3 is 6.18 Å². The van der Waals surface area contributed by atoms with Crippen LogP contribution >= 0.6 is 11.6 Å². The Hall–Kier alpha value is -3.79. The SMILES string of the molecule is COc1cccc(/C=N/Nc2ccc(C(F)(F)F)cc2[N+](=O)[O-])c1OCc1ccc(Cl)cc1. The molecule has 0 radical (unpaired) electrons. The molecular weight excluding hydrogens is 463 g/mol. The number of nitro benzene ring substituents is 1. The number of rotatable bonds is 8. The maximum absolute atomic E-state index is 12.9. The number of nitrogens with zero attached hydrogens (tertiary/aromatic N) is 2. The molecule has 0 aliphatic carbocycles. The number of nitro groups is 1. The van der Waals surface area contributed by atoms with Gasteiger partial charge in [-0.1, -0.05) is 29.8 Å². The molecule has 1 N–H and O–H groups in total. The van der Waals surface area contributed by atoms with Crippen molar-refractivity contribution in [2.24, 2.45) is 5.10 Å². The summed E-state index contributed by atoms with van der Waals surface area (Å²) < 4.78 is 49.8. The predicted molar refractivity (Wildman–Crippen MR) is 118 cm³/mol. The fourth-order valence-electron chi connectivity index (χ4n) is 2.81. The van der Waals surface area contributed by atoms with Crippen LogP contribution in [0, 0.1) is 10.1 Å². The molecule has 11 heteroatoms. The van der Waals surface area contributed by atoms with E-state index in [1.807, 2.05) is 0 Å². The molecule has 0 heterocycles. The molecule has 0 fully saturated rings. The van der Waals surface area contributed by atoms with Gasteiger partial charge < -0.3 is 9.47 Å². The van der Waals surface area contributed by atoms with Gasteiger partial charge in [0, 0.05) is 16.7 Å². The minimum atomic E-state index is -4.70. The van der Waals surface area contributed by atoms with Crippen LogP contribution in [0.3, 0.4) is 0 Å². The lowest BCUT2D eigenvalue weighted by atomic mass is 10.1. The van der Waals surface area contributed by atoms with Crippen LogP contribution in [0.1, 0.15) is 16.7 Å². The highest BCUT2D eigenvalue weighted by Gasteiger charge is 2.33. The molecule has 0 saturated carbocycles. The normalized spacial score (nSPS) is 11.4. The lowest BCUT2D eigenvalue weighted by Gasteiger charge is -2.13. The fraction of sp³-hybridized carbons (Fsp3) is 0.136. The summed E-state index contributed by atoms with van der Waals surface area (Å²) in [5.74, 6) is 0.788. The number of hydrazone groups is 1. The van der Waals surface area contributed by atoms with E-state index in [1.165, 1.54) is 13.3 Å². The molecule has 0 atom stereocenters. The van der Waals surface area contributed by atoms with Crippen molar-refractivity contribution in [3.63, 3.8) is 0 Å². The maximum Gasteiger partial charge on any atom is 0.416 e. The van der Waals surface area contributed by atoms with Crippen molar-refractivity contribution in [1.82, 2.24) is 0 Å². The van der Waals surface area contributed by atoms with E-state index in [2.05, 4.69) is 10.5 Å². The highest BCUT2D eigenvalue weighted by molar-refractivity contribution is 6.30. The van der Waals surface area contributed by atoms with Gasteiger partial charge in [-0.3, -0.25) is 15.5 Å². The highest BCUT2D eigenvalue weighted by atomic mass is 35.5. The Kier molecular flexibility index (Phi) is 7.39. The first kappa shape index (κ1) is 23.9. The lowest BCUT2D eigenvalue weighted by Crippen LogP contribution is -2.07. The Morgan fingerprint density at radius 2 is 1.88 bits per heavy atom. The number of methoxy groups -OCH3 is 1. The Morgan fingerprint density at radius 3 is 2.52 bits per heavy atom. The highest BCUT2D eigenvalue weighted by Crippen LogP contribution is 2.35. The third-order valence-electron chi connectivity index (χ3n) is 4.44. The molecule has 3 aromatic carbocycles. The van der Waals surface area contributed by atoms with Crippen LogP contribution in [0.25, 0.3) is 0 Å². The Labute approximate surface area is 191 Å². The average Bonchev–Trinajstić information content (AvgIpc) is 2.78. The van der Waals surface area contributed by atoms with Gasteiger partial charge in [0.2, 0.25) is 0 Å². The largest absolute Gasteiger partial charge is 0.493 e. The molecule has 0 aromatic heterocycles. The minimum absolute atomic E-state index is 0.198. The van der Waals surface area contributed by atoms with Crippen molar-refractivity contribution < 1.29 is 27.6 Å². The zero-order valence-corrected chi connectivity index (χ0v) is 17.9. The van der Waals surface area contributed by atoms with E-state index in [4.69, 9.17) is 21.1 Å². The van der Waals surface area contributed by atoms with Crippen LogP contribution in [0.4, 0.5) is 24.5 Å². The summed E-state index contributed by atoms with van der Waals surface area (Å²) in [7, 11) is 1.47. The summed E-state index contributed by atoms with van der Waals surface area (Å²) in [4.78, 5) is 10.3. The van der Waals surface area contributed by atoms with Gasteiger partial charge in [0.25, 0.3) is 5.69 Å². The minimum Gasteiger partial charge on any atom is -0.493 e. The number of anilines is 1. The van der Waals surface area contributed by atoms with E-state index in [-0.39, 0.29) is 12.3 Å². The Bertz CT molecular complexity index is 1170. The van der Waals surface area contributed by atoms with Gasteiger partial charge in [0.1, 0.15) is 12.3 Å². The first-order chi connectivity index (χ1) is 15.7. The van der Waals surface area contributed by atoms with Gasteiger partial charge in [-0.05, 0) is 42.0 Å². The van der Waals surface area contributed by atoms with E-state index in [9.17, 15) is 23.3 Å². The number of nitrogens with one attached hydrogen (secondary N) is 1. The third-order valence-corrected chi connectivity index (χ3v) is 4.69. The van der Waals surface area contributed by atoms with Crippen LogP contribution in [0.2, 0.25) is 5.02 Å². The summed E-state index contributed by atoms with van der Waals surface area (Å²) in [6.07, 6.45) is -3.38. The molecule has 33 heavy (non-hydrogen) atoms. The molecule has 7 nitrogen and oxygen atoms in total. The second kappa shape index (κ2) is 10.2. The summed E-state index contributed by atoms with van der Waals surface area (Å²) in [6.45, 7) is 0.205. The second-order valence-electron chi connectivity index (χ2n) is 6.65. The van der Waals surface area contributed by atoms with Crippen LogP contribution in [-0.2, 0) is 12.8 Å². The first-order valence-electron chi connectivity index (χ1n) is 9.38. The molecule has 172 valence electrons. The molecular formula is C22H17ClF3N3O4. The molecule has 3 rings (SSSR count). The number of halogens is 4. The van der Waals surface area contributed by atoms with E-state index in [1.54, 1.807) is 42.5 Å². The second-order valence-corrected chi connectivity index (χ2v) is 7.09. The van der Waals surface area contributed by atoms with Crippen molar-refractivity contribution in [2.75, 3.05) is 12.5 Å². The lowest BCUT2D eigenvalue weighted by molar-refractivity contribution is -0.384. The maximum atomic E-state index is 12.9. The standard InChI is InChI=1S/C22H17ClF3N3O4/c1-32-20-4-2-3-15(21(20)33-13-14-5-8-17(23)9-6-14)12-27-28-18-10-7-16(22(24,25)26)11-19(18)29(30)31/h2-12,28H,13H2,1H3/b27-12+. The van der Waals surface area contributed by atoms with Crippen molar-refractivity contribution in [2.45, 2.75) is 12.8 Å². The van der Waals surface area contributed by atoms with E-state index >= 15 is 0 Å². The average molecular weight is 480 g/mol. The number of alkyl halides is 3. The molecule has 3 aromatic rings. The third kappa shape index (κ3) is 6.13. The number of benzene rings is 3. The van der Waals surface area contributed by atoms with Gasteiger partial charge in [-0.25, -0.2) is 0 Å². The molecule has 0 amide bonds. The summed E-state index contributed by atoms with van der Waals surface area (Å²) in [6, 6.07) is 14.2. The monoisotopic (exact) mass is 479 g/mol. The fourth-order valence-corrected chi connectivity index (χ4v) is 2.94. The van der Waals surface area contributed by atoms with Gasteiger partial charge in [-0.2, -0.15) is 18.3 Å². The molecule has 0 aliphatic rings. The number of ether oxygens (including phenoxy) is 2. The van der Waals surface area contributed by atoms with Crippen LogP contribution in [0.5, 0.6) is 11.5 Å². The zero-order chi connectivity index (χ0) is 24.0. The molecule has 0 bridgehead atoms. The molecule has 0 unspecified atom stereocenters. The van der Waals surface area contributed by atoms with Crippen LogP contribution < -0.4 is 14.9 Å². The van der Waals surface area contributed by atoms with Gasteiger partial charge in [0.05, 0.1) is 23.8 Å². The topological polar surface area (TPSA) is 86.0 Å². The van der Waals surface area contributed by atoms with E-state index in [0.29, 0.717) is 28.2 Å². The Morgan fingerprint density at radius 1 is 1.15 bits per heavy atom. The number of para-hydroxylation sites is 1. The van der Waals surface area contributed by atoms with Gasteiger partial charge in [-0.15, -0.1) is 0 Å². The predicted octanol–water partition coefficient (Wildman–Crippen LogP) is 6.30. The number of hydrogen-bond acceptors (Lipinski definition) is 6. The van der Waals surface area contributed by atoms with Crippen LogP contribution in [0.15, 0.2) is 65.8 Å². The van der Waals surface area contributed by atoms with Crippen molar-refractivity contribution in [3.05, 3.63) is 92.5 Å². The van der Waals surface area contributed by atoms with Crippen LogP contribution in [-0.4, -0.2) is 18.2 Å². The smallest absolute Gasteiger partial charge is 0.416 e. The summed E-state index contributed by atoms with van der Waals surface area (Å²) >= 11 is 5.89. The quantitative estimate of drug-likeness (QED) is 0.233. The van der Waals surface area contributed by atoms with Crippen molar-refractivity contribution in [1.29, 1.82) is 0 Å². The zero-order valence-electron chi connectivity index (χ0n) is 17.1. The summed E-state index contributed by atoms with van der Waals surface area (Å²) in [5, 5.41) is 15.7. The van der Waals surface area contributed by atoms with E-state index in [0.717, 1.165) is 17.7 Å². The molecule has 0 aliphatic heterocycles. The van der Waals surface area contributed by atoms with Crippen molar-refractivity contribution >= 4 is 29.2 Å². The molecule has 0 spiro atoms. The number of hydrogen-bond donors (Lipinski definition) is 1. The van der Waals surface area contributed by atoms with Gasteiger partial charge in [0.15, 0.2) is 11.5 Å². The molecule has 0 saturated heterocycles. The first-order valence-corrected chi connectivity index (χ1v) is 9.76. The van der Waals surface area contributed by atoms with E-state index < -0.39 is 22.4 Å².